The maximum atomic E-state index is 13.1. The number of hydrogen-bond donors (Lipinski definition) is 2. The van der Waals surface area contributed by atoms with Gasteiger partial charge >= 0.3 is 12.1 Å². The molecule has 0 aromatic heterocycles. The minimum absolute atomic E-state index is 0.0743. The van der Waals surface area contributed by atoms with Gasteiger partial charge in [0.15, 0.2) is 0 Å². The van der Waals surface area contributed by atoms with E-state index in [4.69, 9.17) is 4.74 Å². The molecule has 0 saturated heterocycles. The van der Waals surface area contributed by atoms with E-state index < -0.39 is 18.1 Å². The highest BCUT2D eigenvalue weighted by molar-refractivity contribution is 5.88. The Kier molecular flexibility index (Phi) is 6.67. The first-order chi connectivity index (χ1) is 15.8. The van der Waals surface area contributed by atoms with Crippen molar-refractivity contribution in [3.8, 4) is 11.1 Å². The lowest BCUT2D eigenvalue weighted by atomic mass is 9.98. The van der Waals surface area contributed by atoms with Crippen LogP contribution in [0.2, 0.25) is 0 Å². The van der Waals surface area contributed by atoms with E-state index in [1.807, 2.05) is 50.2 Å². The standard InChI is InChI=1S/C26H30N2O5/c1-16(2)24(25(31)28(14-23(29)30)13-17-11-12-17)27-26(32)33-15-22-20-9-5-3-7-18(20)19-8-4-6-10-21(19)22/h3-10,16-17,22,24H,11-15H2,1-2H3,(H,27,32)(H,29,30). The molecule has 0 heterocycles. The Morgan fingerprint density at radius 1 is 1.03 bits per heavy atom. The van der Waals surface area contributed by atoms with Gasteiger partial charge in [0.1, 0.15) is 19.2 Å². The summed E-state index contributed by atoms with van der Waals surface area (Å²) in [6.07, 6.45) is 1.32. The predicted octanol–water partition coefficient (Wildman–Crippen LogP) is 3.87. The molecule has 2 amide bonds. The molecular weight excluding hydrogens is 420 g/mol. The molecule has 0 bridgehead atoms. The SMILES string of the molecule is CC(C)C(NC(=O)OCC1c2ccccc2-c2ccccc21)C(=O)N(CC(=O)O)CC1CC1. The number of carboxylic acids is 1. The van der Waals surface area contributed by atoms with Crippen molar-refractivity contribution in [2.75, 3.05) is 19.7 Å². The topological polar surface area (TPSA) is 95.9 Å². The zero-order chi connectivity index (χ0) is 23.5. The van der Waals surface area contributed by atoms with Crippen LogP contribution < -0.4 is 5.32 Å². The molecular formula is C26H30N2O5. The number of rotatable bonds is 9. The maximum absolute atomic E-state index is 13.1. The molecule has 7 nitrogen and oxygen atoms in total. The second kappa shape index (κ2) is 9.65. The third-order valence-electron chi connectivity index (χ3n) is 6.36. The Morgan fingerprint density at radius 3 is 2.12 bits per heavy atom. The van der Waals surface area contributed by atoms with Crippen LogP contribution in [0.4, 0.5) is 4.79 Å². The summed E-state index contributed by atoms with van der Waals surface area (Å²) in [5.74, 6) is -1.39. The van der Waals surface area contributed by atoms with Gasteiger partial charge < -0.3 is 20.1 Å². The normalized spacial score (nSPS) is 15.5. The number of amides is 2. The van der Waals surface area contributed by atoms with Crippen LogP contribution >= 0.6 is 0 Å². The average Bonchev–Trinajstić information content (AvgIpc) is 3.55. The minimum atomic E-state index is -1.06. The fourth-order valence-electron chi connectivity index (χ4n) is 4.49. The second-order valence-corrected chi connectivity index (χ2v) is 9.25. The van der Waals surface area contributed by atoms with E-state index in [0.29, 0.717) is 12.5 Å². The summed E-state index contributed by atoms with van der Waals surface area (Å²) in [5.41, 5.74) is 4.50. The van der Waals surface area contributed by atoms with Crippen LogP contribution in [0.1, 0.15) is 43.7 Å². The van der Waals surface area contributed by atoms with Gasteiger partial charge in [-0.3, -0.25) is 9.59 Å². The maximum Gasteiger partial charge on any atom is 0.407 e. The molecule has 1 saturated carbocycles. The van der Waals surface area contributed by atoms with Crippen molar-refractivity contribution in [3.05, 3.63) is 59.7 Å². The minimum Gasteiger partial charge on any atom is -0.480 e. The smallest absolute Gasteiger partial charge is 0.407 e. The number of benzene rings is 2. The molecule has 174 valence electrons. The van der Waals surface area contributed by atoms with Crippen LogP contribution in [0.3, 0.4) is 0 Å². The lowest BCUT2D eigenvalue weighted by molar-refractivity contribution is -0.146. The summed E-state index contributed by atoms with van der Waals surface area (Å²) in [6, 6.07) is 15.3. The monoisotopic (exact) mass is 450 g/mol. The van der Waals surface area contributed by atoms with Gasteiger partial charge in [-0.15, -0.1) is 0 Å². The van der Waals surface area contributed by atoms with E-state index in [-0.39, 0.29) is 30.9 Å². The molecule has 1 atom stereocenters. The predicted molar refractivity (Wildman–Crippen MR) is 124 cm³/mol. The zero-order valence-electron chi connectivity index (χ0n) is 19.0. The van der Waals surface area contributed by atoms with E-state index >= 15 is 0 Å². The molecule has 4 rings (SSSR count). The Hall–Kier alpha value is -3.35. The number of carbonyl (C=O) groups excluding carboxylic acids is 2. The van der Waals surface area contributed by atoms with Gasteiger partial charge in [-0.05, 0) is 46.9 Å². The Morgan fingerprint density at radius 2 is 1.61 bits per heavy atom. The molecule has 2 aliphatic rings. The van der Waals surface area contributed by atoms with Crippen LogP contribution in [0.25, 0.3) is 11.1 Å². The third kappa shape index (κ3) is 5.18. The molecule has 0 radical (unpaired) electrons. The zero-order valence-corrected chi connectivity index (χ0v) is 19.0. The van der Waals surface area contributed by atoms with E-state index in [1.54, 1.807) is 0 Å². The van der Waals surface area contributed by atoms with Gasteiger partial charge in [0.25, 0.3) is 0 Å². The summed E-state index contributed by atoms with van der Waals surface area (Å²) in [4.78, 5) is 38.4. The first kappa shape index (κ1) is 22.8. The van der Waals surface area contributed by atoms with Crippen molar-refractivity contribution in [2.45, 2.75) is 38.6 Å². The summed E-state index contributed by atoms with van der Waals surface area (Å²) < 4.78 is 5.59. The Labute approximate surface area is 193 Å². The van der Waals surface area contributed by atoms with Crippen molar-refractivity contribution in [3.63, 3.8) is 0 Å². The van der Waals surface area contributed by atoms with Crippen LogP contribution in [-0.4, -0.2) is 53.7 Å². The van der Waals surface area contributed by atoms with Crippen LogP contribution in [-0.2, 0) is 14.3 Å². The number of carbonyl (C=O) groups is 3. The van der Waals surface area contributed by atoms with Gasteiger partial charge in [-0.1, -0.05) is 62.4 Å². The number of ether oxygens (including phenoxy) is 1. The van der Waals surface area contributed by atoms with E-state index in [1.165, 1.54) is 4.90 Å². The Balaban J connectivity index is 1.42. The quantitative estimate of drug-likeness (QED) is 0.605. The van der Waals surface area contributed by atoms with Gasteiger partial charge in [0.05, 0.1) is 0 Å². The first-order valence-electron chi connectivity index (χ1n) is 11.5. The Bertz CT molecular complexity index is 1000. The van der Waals surface area contributed by atoms with Crippen LogP contribution in [0.5, 0.6) is 0 Å². The molecule has 2 aromatic rings. The molecule has 0 aliphatic heterocycles. The second-order valence-electron chi connectivity index (χ2n) is 9.25. The van der Waals surface area contributed by atoms with Crippen LogP contribution in [0.15, 0.2) is 48.5 Å². The van der Waals surface area contributed by atoms with Crippen molar-refractivity contribution >= 4 is 18.0 Å². The highest BCUT2D eigenvalue weighted by Crippen LogP contribution is 2.44. The number of fused-ring (bicyclic) bond motifs is 3. The van der Waals surface area contributed by atoms with E-state index in [9.17, 15) is 19.5 Å². The molecule has 33 heavy (non-hydrogen) atoms. The lowest BCUT2D eigenvalue weighted by Gasteiger charge is -2.28. The third-order valence-corrected chi connectivity index (χ3v) is 6.36. The van der Waals surface area contributed by atoms with Crippen LogP contribution in [0, 0.1) is 11.8 Å². The molecule has 1 unspecified atom stereocenters. The molecule has 1 fully saturated rings. The number of carboxylic acid groups (broad SMARTS) is 1. The molecule has 2 aliphatic carbocycles. The molecule has 2 N–H and O–H groups in total. The van der Waals surface area contributed by atoms with E-state index in [0.717, 1.165) is 35.1 Å². The summed E-state index contributed by atoms with van der Waals surface area (Å²) in [6.45, 7) is 3.83. The summed E-state index contributed by atoms with van der Waals surface area (Å²) >= 11 is 0. The molecule has 2 aromatic carbocycles. The summed E-state index contributed by atoms with van der Waals surface area (Å²) in [5, 5.41) is 11.9. The van der Waals surface area contributed by atoms with Gasteiger partial charge in [0, 0.05) is 12.5 Å². The van der Waals surface area contributed by atoms with Crippen molar-refractivity contribution in [2.24, 2.45) is 11.8 Å². The molecule has 7 heteroatoms. The summed E-state index contributed by atoms with van der Waals surface area (Å²) in [7, 11) is 0. The van der Waals surface area contributed by atoms with E-state index in [2.05, 4.69) is 17.4 Å². The van der Waals surface area contributed by atoms with Gasteiger partial charge in [0.2, 0.25) is 5.91 Å². The van der Waals surface area contributed by atoms with Gasteiger partial charge in [-0.2, -0.15) is 0 Å². The number of nitrogens with one attached hydrogen (secondary N) is 1. The highest BCUT2D eigenvalue weighted by Gasteiger charge is 2.34. The first-order valence-corrected chi connectivity index (χ1v) is 11.5. The molecule has 0 spiro atoms. The van der Waals surface area contributed by atoms with Crippen molar-refractivity contribution < 1.29 is 24.2 Å². The number of aliphatic carboxylic acids is 1. The fraction of sp³-hybridized carbons (Fsp3) is 0.423. The average molecular weight is 451 g/mol. The number of alkyl carbamates (subject to hydrolysis) is 1. The largest absolute Gasteiger partial charge is 0.480 e. The van der Waals surface area contributed by atoms with Crippen molar-refractivity contribution in [1.82, 2.24) is 10.2 Å². The lowest BCUT2D eigenvalue weighted by Crippen LogP contribution is -2.53. The van der Waals surface area contributed by atoms with Gasteiger partial charge in [-0.25, -0.2) is 4.79 Å². The highest BCUT2D eigenvalue weighted by atomic mass is 16.5. The number of nitrogens with zero attached hydrogens (tertiary/aromatic N) is 1. The van der Waals surface area contributed by atoms with Crippen molar-refractivity contribution in [1.29, 1.82) is 0 Å². The fourth-order valence-corrected chi connectivity index (χ4v) is 4.49. The number of hydrogen-bond acceptors (Lipinski definition) is 4.